The van der Waals surface area contributed by atoms with E-state index in [9.17, 15) is 8.42 Å². The smallest absolute Gasteiger partial charge is 0.243 e. The Hall–Kier alpha value is -2.98. The van der Waals surface area contributed by atoms with Crippen LogP contribution in [0.25, 0.3) is 5.82 Å². The Bertz CT molecular complexity index is 1160. The Labute approximate surface area is 182 Å². The minimum absolute atomic E-state index is 0.294. The van der Waals surface area contributed by atoms with Crippen molar-refractivity contribution in [2.75, 3.05) is 37.7 Å². The number of aryl methyl sites for hydroxylation is 2. The van der Waals surface area contributed by atoms with E-state index < -0.39 is 10.0 Å². The number of sulfonamides is 1. The van der Waals surface area contributed by atoms with Gasteiger partial charge in [-0.25, -0.2) is 23.4 Å². The summed E-state index contributed by atoms with van der Waals surface area (Å²) in [6.07, 6.45) is 5.22. The van der Waals surface area contributed by atoms with Crippen molar-refractivity contribution >= 4 is 15.8 Å². The summed E-state index contributed by atoms with van der Waals surface area (Å²) in [6.45, 7) is 8.03. The van der Waals surface area contributed by atoms with Gasteiger partial charge in [-0.2, -0.15) is 4.31 Å². The molecule has 3 aromatic rings. The van der Waals surface area contributed by atoms with E-state index in [-0.39, 0.29) is 0 Å². The summed E-state index contributed by atoms with van der Waals surface area (Å²) < 4.78 is 35.2. The number of nitrogens with zero attached hydrogens (tertiary/aromatic N) is 6. The lowest BCUT2D eigenvalue weighted by Gasteiger charge is -2.34. The van der Waals surface area contributed by atoms with Gasteiger partial charge in [0.1, 0.15) is 29.5 Å². The fourth-order valence-electron chi connectivity index (χ4n) is 3.63. The Kier molecular flexibility index (Phi) is 5.92. The Morgan fingerprint density at radius 1 is 1.03 bits per heavy atom. The number of hydrogen-bond donors (Lipinski definition) is 0. The van der Waals surface area contributed by atoms with Crippen LogP contribution in [0.2, 0.25) is 0 Å². The lowest BCUT2D eigenvalue weighted by Crippen LogP contribution is -2.49. The molecule has 31 heavy (non-hydrogen) atoms. The first-order chi connectivity index (χ1) is 14.9. The van der Waals surface area contributed by atoms with Crippen LogP contribution in [0.4, 0.5) is 5.82 Å². The molecule has 0 radical (unpaired) electrons. The standard InChI is InChI=1S/C21H26N6O3S/c1-4-30-19-6-5-18(13-16(19)2)31(28,29)27-11-9-25(10-12-27)20-14-21(24-17(3)23-20)26-8-7-22-15-26/h5-8,13-15H,4,9-12H2,1-3H3. The molecule has 0 N–H and O–H groups in total. The summed E-state index contributed by atoms with van der Waals surface area (Å²) in [5.74, 6) is 2.88. The maximum atomic E-state index is 13.1. The van der Waals surface area contributed by atoms with E-state index in [1.54, 1.807) is 30.7 Å². The highest BCUT2D eigenvalue weighted by molar-refractivity contribution is 7.89. The number of rotatable bonds is 6. The highest BCUT2D eigenvalue weighted by Crippen LogP contribution is 2.26. The van der Waals surface area contributed by atoms with Gasteiger partial charge >= 0.3 is 0 Å². The third-order valence-corrected chi connectivity index (χ3v) is 7.12. The SMILES string of the molecule is CCOc1ccc(S(=O)(=O)N2CCN(c3cc(-n4ccnc4)nc(C)n3)CC2)cc1C. The molecule has 4 rings (SSSR count). The molecule has 0 bridgehead atoms. The number of imidazole rings is 1. The monoisotopic (exact) mass is 442 g/mol. The van der Waals surface area contributed by atoms with Crippen LogP contribution < -0.4 is 9.64 Å². The van der Waals surface area contributed by atoms with Crippen molar-refractivity contribution in [1.82, 2.24) is 23.8 Å². The van der Waals surface area contributed by atoms with E-state index in [0.717, 1.165) is 17.2 Å². The van der Waals surface area contributed by atoms with Gasteiger partial charge in [0.05, 0.1) is 11.5 Å². The maximum absolute atomic E-state index is 13.1. The molecule has 1 saturated heterocycles. The predicted molar refractivity (Wildman–Crippen MR) is 117 cm³/mol. The Morgan fingerprint density at radius 3 is 2.42 bits per heavy atom. The van der Waals surface area contributed by atoms with E-state index in [0.29, 0.717) is 49.3 Å². The second-order valence-electron chi connectivity index (χ2n) is 7.35. The molecule has 2 aromatic heterocycles. The number of hydrogen-bond acceptors (Lipinski definition) is 7. The van der Waals surface area contributed by atoms with Crippen LogP contribution in [0.1, 0.15) is 18.3 Å². The molecule has 1 fully saturated rings. The van der Waals surface area contributed by atoms with Gasteiger partial charge in [0.15, 0.2) is 0 Å². The summed E-state index contributed by atoms with van der Waals surface area (Å²) in [7, 11) is -3.57. The molecule has 164 valence electrons. The number of benzene rings is 1. The molecule has 10 heteroatoms. The molecule has 1 aromatic carbocycles. The van der Waals surface area contributed by atoms with Gasteiger partial charge in [0.2, 0.25) is 10.0 Å². The first-order valence-corrected chi connectivity index (χ1v) is 11.6. The lowest BCUT2D eigenvalue weighted by atomic mass is 10.2. The zero-order valence-electron chi connectivity index (χ0n) is 17.9. The molecule has 0 unspecified atom stereocenters. The summed E-state index contributed by atoms with van der Waals surface area (Å²) >= 11 is 0. The predicted octanol–water partition coefficient (Wildman–Crippen LogP) is 2.19. The largest absolute Gasteiger partial charge is 0.494 e. The van der Waals surface area contributed by atoms with Crippen molar-refractivity contribution in [3.05, 3.63) is 54.4 Å². The lowest BCUT2D eigenvalue weighted by molar-refractivity contribution is 0.337. The maximum Gasteiger partial charge on any atom is 0.243 e. The highest BCUT2D eigenvalue weighted by atomic mass is 32.2. The van der Waals surface area contributed by atoms with Crippen LogP contribution in [0, 0.1) is 13.8 Å². The molecule has 3 heterocycles. The van der Waals surface area contributed by atoms with E-state index in [4.69, 9.17) is 4.74 Å². The van der Waals surface area contributed by atoms with Gasteiger partial charge in [0.25, 0.3) is 0 Å². The van der Waals surface area contributed by atoms with Crippen molar-refractivity contribution < 1.29 is 13.2 Å². The van der Waals surface area contributed by atoms with Crippen molar-refractivity contribution in [1.29, 1.82) is 0 Å². The van der Waals surface area contributed by atoms with Crippen LogP contribution in [0.3, 0.4) is 0 Å². The molecule has 9 nitrogen and oxygen atoms in total. The minimum atomic E-state index is -3.57. The van der Waals surface area contributed by atoms with Crippen LogP contribution in [0.5, 0.6) is 5.75 Å². The summed E-state index contributed by atoms with van der Waals surface area (Å²) in [4.78, 5) is 15.5. The minimum Gasteiger partial charge on any atom is -0.494 e. The van der Waals surface area contributed by atoms with Crippen molar-refractivity contribution in [3.8, 4) is 11.6 Å². The fourth-order valence-corrected chi connectivity index (χ4v) is 5.14. The second kappa shape index (κ2) is 8.64. The Morgan fingerprint density at radius 2 is 1.77 bits per heavy atom. The average molecular weight is 443 g/mol. The van der Waals surface area contributed by atoms with Gasteiger partial charge in [-0.1, -0.05) is 0 Å². The van der Waals surface area contributed by atoms with E-state index in [1.165, 1.54) is 4.31 Å². The quantitative estimate of drug-likeness (QED) is 0.578. The molecular weight excluding hydrogens is 416 g/mol. The van der Waals surface area contributed by atoms with E-state index >= 15 is 0 Å². The zero-order valence-corrected chi connectivity index (χ0v) is 18.7. The van der Waals surface area contributed by atoms with Crippen LogP contribution in [0.15, 0.2) is 47.9 Å². The first kappa shape index (κ1) is 21.3. The Balaban J connectivity index is 1.49. The van der Waals surface area contributed by atoms with Crippen molar-refractivity contribution in [2.45, 2.75) is 25.7 Å². The molecule has 0 amide bonds. The summed E-state index contributed by atoms with van der Waals surface area (Å²) in [5.41, 5.74) is 0.810. The van der Waals surface area contributed by atoms with E-state index in [2.05, 4.69) is 19.9 Å². The third-order valence-electron chi connectivity index (χ3n) is 5.23. The third kappa shape index (κ3) is 4.40. The summed E-state index contributed by atoms with van der Waals surface area (Å²) in [6, 6.07) is 6.92. The molecule has 0 saturated carbocycles. The molecule has 1 aliphatic heterocycles. The summed E-state index contributed by atoms with van der Waals surface area (Å²) in [5, 5.41) is 0. The van der Waals surface area contributed by atoms with Crippen LogP contribution in [-0.2, 0) is 10.0 Å². The van der Waals surface area contributed by atoms with Crippen molar-refractivity contribution in [2.24, 2.45) is 0 Å². The molecular formula is C21H26N6O3S. The molecule has 0 aliphatic carbocycles. The first-order valence-electron chi connectivity index (χ1n) is 10.2. The van der Waals surface area contributed by atoms with Gasteiger partial charge in [-0.15, -0.1) is 0 Å². The number of anilines is 1. The van der Waals surface area contributed by atoms with Gasteiger partial charge in [-0.05, 0) is 44.5 Å². The van der Waals surface area contributed by atoms with Gasteiger partial charge in [-0.3, -0.25) is 4.57 Å². The molecule has 0 atom stereocenters. The van der Waals surface area contributed by atoms with Crippen LogP contribution >= 0.6 is 0 Å². The van der Waals surface area contributed by atoms with Gasteiger partial charge in [0, 0.05) is 44.6 Å². The zero-order chi connectivity index (χ0) is 22.0. The number of aromatic nitrogens is 4. The number of ether oxygens (including phenoxy) is 1. The number of piperazine rings is 1. The second-order valence-corrected chi connectivity index (χ2v) is 9.29. The molecule has 0 spiro atoms. The van der Waals surface area contributed by atoms with E-state index in [1.807, 2.05) is 37.6 Å². The average Bonchev–Trinajstić information content (AvgIpc) is 3.30. The highest BCUT2D eigenvalue weighted by Gasteiger charge is 2.29. The fraction of sp³-hybridized carbons (Fsp3) is 0.381. The van der Waals surface area contributed by atoms with Gasteiger partial charge < -0.3 is 9.64 Å². The normalized spacial score (nSPS) is 15.3. The van der Waals surface area contributed by atoms with Crippen molar-refractivity contribution in [3.63, 3.8) is 0 Å². The topological polar surface area (TPSA) is 93.5 Å². The van der Waals surface area contributed by atoms with Crippen LogP contribution in [-0.4, -0.2) is 65.0 Å². The molecule has 1 aliphatic rings.